The van der Waals surface area contributed by atoms with Gasteiger partial charge in [0, 0.05) is 14.7 Å². The molecule has 0 N–H and O–H groups in total. The number of hydrogen-bond acceptors (Lipinski definition) is 2. The van der Waals surface area contributed by atoms with E-state index < -0.39 is 5.79 Å². The third-order valence-corrected chi connectivity index (χ3v) is 4.02. The fourth-order valence-corrected chi connectivity index (χ4v) is 3.02. The lowest BCUT2D eigenvalue weighted by molar-refractivity contribution is -0.130. The van der Waals surface area contributed by atoms with Gasteiger partial charge in [0.1, 0.15) is 0 Å². The summed E-state index contributed by atoms with van der Waals surface area (Å²) in [5, 5.41) is 0. The van der Waals surface area contributed by atoms with Gasteiger partial charge in [-0.15, -0.1) is 0 Å². The highest BCUT2D eigenvalue weighted by atomic mass is 127. The standard InChI is InChI=1S/C15H13IO2/c16-14-9-5-4-8-13(14)15(17-10-11-18-15)12-6-2-1-3-7-12/h1-9H,10-11H2. The monoisotopic (exact) mass is 352 g/mol. The lowest BCUT2D eigenvalue weighted by Crippen LogP contribution is -2.29. The van der Waals surface area contributed by atoms with Crippen molar-refractivity contribution < 1.29 is 9.47 Å². The highest BCUT2D eigenvalue weighted by molar-refractivity contribution is 14.1. The first-order valence-corrected chi connectivity index (χ1v) is 6.99. The zero-order valence-corrected chi connectivity index (χ0v) is 12.0. The maximum atomic E-state index is 5.97. The van der Waals surface area contributed by atoms with Crippen molar-refractivity contribution in [2.45, 2.75) is 5.79 Å². The van der Waals surface area contributed by atoms with Gasteiger partial charge in [-0.1, -0.05) is 48.5 Å². The van der Waals surface area contributed by atoms with E-state index in [0.29, 0.717) is 13.2 Å². The summed E-state index contributed by atoms with van der Waals surface area (Å²) in [5.41, 5.74) is 2.13. The third-order valence-electron chi connectivity index (χ3n) is 3.08. The molecule has 2 aromatic carbocycles. The fourth-order valence-electron chi connectivity index (χ4n) is 2.28. The lowest BCUT2D eigenvalue weighted by atomic mass is 9.97. The van der Waals surface area contributed by atoms with Crippen LogP contribution in [0.25, 0.3) is 0 Å². The minimum absolute atomic E-state index is 0.625. The van der Waals surface area contributed by atoms with Gasteiger partial charge in [-0.05, 0) is 28.7 Å². The van der Waals surface area contributed by atoms with Crippen LogP contribution in [-0.2, 0) is 15.3 Å². The largest absolute Gasteiger partial charge is 0.340 e. The Kier molecular flexibility index (Phi) is 3.37. The van der Waals surface area contributed by atoms with E-state index in [0.717, 1.165) is 14.7 Å². The minimum atomic E-state index is -0.737. The molecule has 0 aromatic heterocycles. The number of benzene rings is 2. The molecule has 0 radical (unpaired) electrons. The summed E-state index contributed by atoms with van der Waals surface area (Å²) < 4.78 is 13.1. The Bertz CT molecular complexity index is 533. The van der Waals surface area contributed by atoms with Crippen molar-refractivity contribution in [2.75, 3.05) is 13.2 Å². The van der Waals surface area contributed by atoms with E-state index in [-0.39, 0.29) is 0 Å². The summed E-state index contributed by atoms with van der Waals surface area (Å²) in [6.07, 6.45) is 0. The van der Waals surface area contributed by atoms with Crippen LogP contribution in [0.5, 0.6) is 0 Å². The van der Waals surface area contributed by atoms with Gasteiger partial charge in [-0.3, -0.25) is 0 Å². The molecule has 0 atom stereocenters. The second-order valence-corrected chi connectivity index (χ2v) is 5.32. The molecular formula is C15H13IO2. The first-order valence-electron chi connectivity index (χ1n) is 5.91. The zero-order chi connectivity index (χ0) is 12.4. The van der Waals surface area contributed by atoms with Crippen molar-refractivity contribution in [2.24, 2.45) is 0 Å². The van der Waals surface area contributed by atoms with Crippen molar-refractivity contribution in [1.29, 1.82) is 0 Å². The van der Waals surface area contributed by atoms with E-state index in [9.17, 15) is 0 Å². The smallest absolute Gasteiger partial charge is 0.223 e. The molecule has 1 heterocycles. The summed E-state index contributed by atoms with van der Waals surface area (Å²) in [6, 6.07) is 18.3. The van der Waals surface area contributed by atoms with Crippen molar-refractivity contribution >= 4 is 22.6 Å². The molecule has 3 rings (SSSR count). The molecule has 0 aliphatic carbocycles. The maximum Gasteiger partial charge on any atom is 0.223 e. The highest BCUT2D eigenvalue weighted by Crippen LogP contribution is 2.40. The predicted molar refractivity (Wildman–Crippen MR) is 78.3 cm³/mol. The van der Waals surface area contributed by atoms with Gasteiger partial charge < -0.3 is 9.47 Å². The van der Waals surface area contributed by atoms with Gasteiger partial charge in [0.25, 0.3) is 0 Å². The van der Waals surface area contributed by atoms with Crippen LogP contribution in [0.15, 0.2) is 54.6 Å². The Balaban J connectivity index is 2.16. The van der Waals surface area contributed by atoms with Crippen LogP contribution in [0, 0.1) is 3.57 Å². The molecule has 1 aliphatic rings. The molecule has 18 heavy (non-hydrogen) atoms. The highest BCUT2D eigenvalue weighted by Gasteiger charge is 2.41. The first kappa shape index (κ1) is 12.1. The van der Waals surface area contributed by atoms with Crippen LogP contribution in [0.2, 0.25) is 0 Å². The second kappa shape index (κ2) is 4.99. The molecular weight excluding hydrogens is 339 g/mol. The zero-order valence-electron chi connectivity index (χ0n) is 9.80. The van der Waals surface area contributed by atoms with E-state index in [1.807, 2.05) is 30.3 Å². The molecule has 1 saturated heterocycles. The molecule has 1 fully saturated rings. The van der Waals surface area contributed by atoms with Crippen LogP contribution >= 0.6 is 22.6 Å². The van der Waals surface area contributed by atoms with Crippen LogP contribution in [-0.4, -0.2) is 13.2 Å². The van der Waals surface area contributed by atoms with Gasteiger partial charge >= 0.3 is 0 Å². The minimum Gasteiger partial charge on any atom is -0.340 e. The van der Waals surface area contributed by atoms with Gasteiger partial charge in [0.05, 0.1) is 13.2 Å². The summed E-state index contributed by atoms with van der Waals surface area (Å²) >= 11 is 2.33. The van der Waals surface area contributed by atoms with E-state index in [1.165, 1.54) is 0 Å². The summed E-state index contributed by atoms with van der Waals surface area (Å²) in [5.74, 6) is -0.737. The second-order valence-electron chi connectivity index (χ2n) is 4.16. The molecule has 0 saturated carbocycles. The number of hydrogen-bond donors (Lipinski definition) is 0. The van der Waals surface area contributed by atoms with E-state index in [4.69, 9.17) is 9.47 Å². The Labute approximate surface area is 120 Å². The summed E-state index contributed by atoms with van der Waals surface area (Å²) in [4.78, 5) is 0. The van der Waals surface area contributed by atoms with Gasteiger partial charge in [-0.2, -0.15) is 0 Å². The first-order chi connectivity index (χ1) is 8.83. The summed E-state index contributed by atoms with van der Waals surface area (Å²) in [6.45, 7) is 1.25. The average Bonchev–Trinajstić information content (AvgIpc) is 2.91. The normalized spacial score (nSPS) is 17.8. The SMILES string of the molecule is Ic1ccccc1C1(c2ccccc2)OCCO1. The molecule has 1 aliphatic heterocycles. The molecule has 2 nitrogen and oxygen atoms in total. The molecule has 2 aromatic rings. The molecule has 0 amide bonds. The molecule has 0 bridgehead atoms. The quantitative estimate of drug-likeness (QED) is 0.770. The Morgan fingerprint density at radius 2 is 1.44 bits per heavy atom. The fraction of sp³-hybridized carbons (Fsp3) is 0.200. The maximum absolute atomic E-state index is 5.97. The Hall–Kier alpha value is -0.910. The van der Waals surface area contributed by atoms with Crippen LogP contribution in [0.3, 0.4) is 0 Å². The molecule has 92 valence electrons. The lowest BCUT2D eigenvalue weighted by Gasteiger charge is -2.29. The van der Waals surface area contributed by atoms with Crippen molar-refractivity contribution in [1.82, 2.24) is 0 Å². The number of halogens is 1. The molecule has 3 heteroatoms. The topological polar surface area (TPSA) is 18.5 Å². The Morgan fingerprint density at radius 3 is 2.11 bits per heavy atom. The van der Waals surface area contributed by atoms with Crippen molar-refractivity contribution in [3.63, 3.8) is 0 Å². The van der Waals surface area contributed by atoms with Crippen LogP contribution in [0.4, 0.5) is 0 Å². The van der Waals surface area contributed by atoms with E-state index in [2.05, 4.69) is 46.9 Å². The van der Waals surface area contributed by atoms with E-state index >= 15 is 0 Å². The molecule has 0 spiro atoms. The van der Waals surface area contributed by atoms with Gasteiger partial charge in [0.2, 0.25) is 5.79 Å². The molecule has 0 unspecified atom stereocenters. The predicted octanol–water partition coefficient (Wildman–Crippen LogP) is 3.54. The van der Waals surface area contributed by atoms with Crippen LogP contribution < -0.4 is 0 Å². The van der Waals surface area contributed by atoms with Gasteiger partial charge in [-0.25, -0.2) is 0 Å². The third kappa shape index (κ3) is 1.96. The van der Waals surface area contributed by atoms with Gasteiger partial charge in [0.15, 0.2) is 0 Å². The summed E-state index contributed by atoms with van der Waals surface area (Å²) in [7, 11) is 0. The van der Waals surface area contributed by atoms with Crippen molar-refractivity contribution in [3.8, 4) is 0 Å². The van der Waals surface area contributed by atoms with Crippen molar-refractivity contribution in [3.05, 3.63) is 69.3 Å². The number of rotatable bonds is 2. The average molecular weight is 352 g/mol. The number of ether oxygens (including phenoxy) is 2. The Morgan fingerprint density at radius 1 is 0.833 bits per heavy atom. The van der Waals surface area contributed by atoms with E-state index in [1.54, 1.807) is 0 Å². The van der Waals surface area contributed by atoms with Crippen LogP contribution in [0.1, 0.15) is 11.1 Å².